The van der Waals surface area contributed by atoms with E-state index in [9.17, 15) is 14.4 Å². The molecule has 0 aromatic carbocycles. The fourth-order valence-corrected chi connectivity index (χ4v) is 3.43. The highest BCUT2D eigenvalue weighted by molar-refractivity contribution is 9.09. The molecule has 9 heteroatoms. The lowest BCUT2D eigenvalue weighted by molar-refractivity contribution is -0.294. The number of ether oxygens (including phenoxy) is 5. The van der Waals surface area contributed by atoms with Crippen LogP contribution in [0.1, 0.15) is 27.7 Å². The zero-order valence-corrected chi connectivity index (χ0v) is 14.1. The van der Waals surface area contributed by atoms with E-state index >= 15 is 0 Å². The molecular weight excluding hydrogens is 364 g/mol. The number of alkyl halides is 1. The molecule has 0 saturated carbocycles. The zero-order valence-electron chi connectivity index (χ0n) is 12.5. The van der Waals surface area contributed by atoms with Gasteiger partial charge in [0, 0.05) is 20.8 Å². The lowest BCUT2D eigenvalue weighted by atomic mass is 9.95. The number of hydrogen-bond donors (Lipinski definition) is 0. The summed E-state index contributed by atoms with van der Waals surface area (Å²) in [4.78, 5) is 34.1. The Morgan fingerprint density at radius 2 is 1.41 bits per heavy atom. The Bertz CT molecular complexity index is 494. The van der Waals surface area contributed by atoms with Gasteiger partial charge in [-0.05, 0) is 6.92 Å². The third-order valence-corrected chi connectivity index (χ3v) is 4.04. The Balaban J connectivity index is 2.39. The van der Waals surface area contributed by atoms with E-state index in [-0.39, 0.29) is 0 Å². The van der Waals surface area contributed by atoms with Gasteiger partial charge < -0.3 is 23.7 Å². The van der Waals surface area contributed by atoms with Crippen molar-refractivity contribution in [2.24, 2.45) is 0 Å². The first-order chi connectivity index (χ1) is 10.1. The number of fused-ring (bicyclic) bond motifs is 2. The van der Waals surface area contributed by atoms with Crippen LogP contribution in [0.4, 0.5) is 0 Å². The van der Waals surface area contributed by atoms with Gasteiger partial charge >= 0.3 is 17.9 Å². The van der Waals surface area contributed by atoms with Crippen molar-refractivity contribution < 1.29 is 38.1 Å². The molecule has 8 nitrogen and oxygen atoms in total. The van der Waals surface area contributed by atoms with Gasteiger partial charge in [-0.15, -0.1) is 0 Å². The van der Waals surface area contributed by atoms with Gasteiger partial charge in [0.1, 0.15) is 11.1 Å². The molecule has 0 N–H and O–H groups in total. The van der Waals surface area contributed by atoms with E-state index < -0.39 is 53.1 Å². The molecule has 2 aliphatic heterocycles. The summed E-state index contributed by atoms with van der Waals surface area (Å²) in [5.74, 6) is -3.10. The maximum absolute atomic E-state index is 11.4. The smallest absolute Gasteiger partial charge is 0.303 e. The van der Waals surface area contributed by atoms with Crippen molar-refractivity contribution in [1.82, 2.24) is 0 Å². The third kappa shape index (κ3) is 3.26. The highest BCUT2D eigenvalue weighted by Gasteiger charge is 2.65. The van der Waals surface area contributed by atoms with Crippen LogP contribution in [-0.4, -0.2) is 53.1 Å². The van der Waals surface area contributed by atoms with Gasteiger partial charge in [-0.25, -0.2) is 0 Å². The number of halogens is 1. The first-order valence-corrected chi connectivity index (χ1v) is 7.57. The molecule has 124 valence electrons. The summed E-state index contributed by atoms with van der Waals surface area (Å²) in [5.41, 5.74) is 0. The molecule has 0 unspecified atom stereocenters. The lowest BCUT2D eigenvalue weighted by Crippen LogP contribution is -2.62. The molecule has 2 heterocycles. The molecule has 2 rings (SSSR count). The predicted octanol–water partition coefficient (Wildman–Crippen LogP) is 0.648. The van der Waals surface area contributed by atoms with Gasteiger partial charge in [-0.3, -0.25) is 14.4 Å². The molecule has 0 amide bonds. The fraction of sp³-hybridized carbons (Fsp3) is 0.769. The van der Waals surface area contributed by atoms with Crippen LogP contribution < -0.4 is 0 Å². The van der Waals surface area contributed by atoms with Crippen LogP contribution in [0, 0.1) is 0 Å². The van der Waals surface area contributed by atoms with Crippen LogP contribution in [0.5, 0.6) is 0 Å². The normalized spacial score (nSPS) is 40.0. The average Bonchev–Trinajstić information content (AvgIpc) is 2.62. The van der Waals surface area contributed by atoms with Crippen LogP contribution in [0.15, 0.2) is 0 Å². The van der Waals surface area contributed by atoms with E-state index in [1.807, 2.05) is 0 Å². The number of esters is 3. The van der Waals surface area contributed by atoms with Crippen molar-refractivity contribution in [3.63, 3.8) is 0 Å². The Kier molecular flexibility index (Phi) is 4.78. The van der Waals surface area contributed by atoms with Crippen molar-refractivity contribution >= 4 is 33.8 Å². The van der Waals surface area contributed by atoms with Crippen LogP contribution in [-0.2, 0) is 38.1 Å². The number of hydrogen-bond acceptors (Lipinski definition) is 8. The van der Waals surface area contributed by atoms with E-state index in [4.69, 9.17) is 23.7 Å². The summed E-state index contributed by atoms with van der Waals surface area (Å²) >= 11 is 3.28. The monoisotopic (exact) mass is 380 g/mol. The quantitative estimate of drug-likeness (QED) is 0.399. The summed E-state index contributed by atoms with van der Waals surface area (Å²) < 4.78 is 27.0. The molecule has 0 aromatic heterocycles. The minimum Gasteiger partial charge on any atom is -0.455 e. The zero-order chi connectivity index (χ0) is 16.7. The first kappa shape index (κ1) is 17.2. The molecule has 0 aromatic rings. The van der Waals surface area contributed by atoms with Crippen molar-refractivity contribution in [1.29, 1.82) is 0 Å². The summed E-state index contributed by atoms with van der Waals surface area (Å²) in [6.45, 7) is 5.21. The molecule has 6 atom stereocenters. The average molecular weight is 381 g/mol. The molecule has 2 bridgehead atoms. The van der Waals surface area contributed by atoms with Gasteiger partial charge in [-0.2, -0.15) is 0 Å². The molecule has 0 spiro atoms. The number of rotatable bonds is 3. The molecule has 2 saturated heterocycles. The van der Waals surface area contributed by atoms with E-state index in [1.54, 1.807) is 6.92 Å². The molecule has 0 radical (unpaired) electrons. The van der Waals surface area contributed by atoms with Crippen LogP contribution in [0.2, 0.25) is 0 Å². The molecule has 2 fully saturated rings. The maximum atomic E-state index is 11.4. The number of carbonyl (C=O) groups is 3. The topological polar surface area (TPSA) is 97.4 Å². The maximum Gasteiger partial charge on any atom is 0.303 e. The fourth-order valence-electron chi connectivity index (χ4n) is 2.65. The minimum absolute atomic E-state index is 0.581. The predicted molar refractivity (Wildman–Crippen MR) is 73.7 cm³/mol. The summed E-state index contributed by atoms with van der Waals surface area (Å²) in [6.07, 6.45) is -3.77. The van der Waals surface area contributed by atoms with Gasteiger partial charge in [0.25, 0.3) is 0 Å². The Morgan fingerprint density at radius 1 is 0.909 bits per heavy atom. The van der Waals surface area contributed by atoms with E-state index in [0.29, 0.717) is 0 Å². The Morgan fingerprint density at radius 3 is 1.91 bits per heavy atom. The van der Waals surface area contributed by atoms with E-state index in [0.717, 1.165) is 0 Å². The first-order valence-electron chi connectivity index (χ1n) is 6.65. The molecule has 0 aliphatic carbocycles. The second kappa shape index (κ2) is 6.13. The van der Waals surface area contributed by atoms with Gasteiger partial charge in [0.2, 0.25) is 5.79 Å². The molecule has 22 heavy (non-hydrogen) atoms. The Hall–Kier alpha value is -1.19. The van der Waals surface area contributed by atoms with Crippen LogP contribution in [0.3, 0.4) is 0 Å². The van der Waals surface area contributed by atoms with E-state index in [1.165, 1.54) is 20.8 Å². The highest BCUT2D eigenvalue weighted by Crippen LogP contribution is 2.45. The summed E-state index contributed by atoms with van der Waals surface area (Å²) in [6, 6.07) is 0. The van der Waals surface area contributed by atoms with Gasteiger partial charge in [0.15, 0.2) is 18.3 Å². The summed E-state index contributed by atoms with van der Waals surface area (Å²) in [5, 5.41) is -0.611. The van der Waals surface area contributed by atoms with Crippen molar-refractivity contribution in [2.45, 2.75) is 62.9 Å². The van der Waals surface area contributed by atoms with Crippen molar-refractivity contribution in [3.05, 3.63) is 0 Å². The SMILES string of the molecule is CC(=O)O[C@@H]1[C@H]2O[C@](C)(O[C@@H]2Br)[C@@H](OC(C)=O)[C@H]1OC(C)=O. The third-order valence-electron chi connectivity index (χ3n) is 3.33. The molecule has 2 aliphatic rings. The second-order valence-corrected chi connectivity index (χ2v) is 6.15. The van der Waals surface area contributed by atoms with Crippen molar-refractivity contribution in [2.75, 3.05) is 0 Å². The van der Waals surface area contributed by atoms with Gasteiger partial charge in [-0.1, -0.05) is 15.9 Å². The van der Waals surface area contributed by atoms with Crippen molar-refractivity contribution in [3.8, 4) is 0 Å². The van der Waals surface area contributed by atoms with Crippen LogP contribution >= 0.6 is 15.9 Å². The second-order valence-electron chi connectivity index (χ2n) is 5.25. The standard InChI is InChI=1S/C13H17BrO8/c1-5(15)18-8-9(19-6(2)16)11(20-7(3)17)13(4)21-10(8)12(14)22-13/h8-12H,1-4H3/t8-,9-,10+,11-,12-,13+/m0/s1. The van der Waals surface area contributed by atoms with Crippen LogP contribution in [0.25, 0.3) is 0 Å². The Labute approximate surface area is 135 Å². The lowest BCUT2D eigenvalue weighted by Gasteiger charge is -2.43. The van der Waals surface area contributed by atoms with E-state index in [2.05, 4.69) is 15.9 Å². The molecular formula is C13H17BrO8. The van der Waals surface area contributed by atoms with Gasteiger partial charge in [0.05, 0.1) is 0 Å². The number of carbonyl (C=O) groups excluding carboxylic acids is 3. The minimum atomic E-state index is -1.32. The highest BCUT2D eigenvalue weighted by atomic mass is 79.9. The largest absolute Gasteiger partial charge is 0.455 e. The summed E-state index contributed by atoms with van der Waals surface area (Å²) in [7, 11) is 0.